The van der Waals surface area contributed by atoms with Crippen LogP contribution in [0.5, 0.6) is 0 Å². The van der Waals surface area contributed by atoms with Crippen molar-refractivity contribution in [3.63, 3.8) is 0 Å². The Bertz CT molecular complexity index is 1330. The minimum absolute atomic E-state index is 0.232. The lowest BCUT2D eigenvalue weighted by atomic mass is 9.81. The van der Waals surface area contributed by atoms with E-state index >= 15 is 0 Å². The van der Waals surface area contributed by atoms with Gasteiger partial charge in [0.25, 0.3) is 0 Å². The highest BCUT2D eigenvalue weighted by Crippen LogP contribution is 2.34. The second-order valence-electron chi connectivity index (χ2n) is 8.00. The topological polar surface area (TPSA) is 72.3 Å². The fourth-order valence-corrected chi connectivity index (χ4v) is 3.79. The molecule has 0 aliphatic rings. The number of hydrogen-bond donors (Lipinski definition) is 1. The molecule has 148 valence electrons. The predicted octanol–water partition coefficient (Wildman–Crippen LogP) is 4.75. The van der Waals surface area contributed by atoms with Crippen molar-refractivity contribution in [3.05, 3.63) is 84.8 Å². The summed E-state index contributed by atoms with van der Waals surface area (Å²) in [6.07, 6.45) is 9.31. The number of hydrogen-bond acceptors (Lipinski definition) is 4. The van der Waals surface area contributed by atoms with E-state index in [0.29, 0.717) is 0 Å². The van der Waals surface area contributed by atoms with E-state index in [1.807, 2.05) is 37.9 Å². The first-order valence-electron chi connectivity index (χ1n) is 9.87. The van der Waals surface area contributed by atoms with E-state index in [9.17, 15) is 0 Å². The number of aryl methyl sites for hydroxylation is 1. The maximum atomic E-state index is 4.60. The molecule has 0 atom stereocenters. The standard InChI is InChI=1S/C24H22N6/c1-24(2,18-7-5-4-6-8-18)22-10-21(27-15-28-22)20-13-26-23-19(20)9-16(11-25-23)17-12-29-30(3)14-17/h4-15H,1-3H3,(H,25,26). The van der Waals surface area contributed by atoms with Crippen LogP contribution in [0.4, 0.5) is 0 Å². The molecule has 30 heavy (non-hydrogen) atoms. The van der Waals surface area contributed by atoms with Gasteiger partial charge in [-0.25, -0.2) is 15.0 Å². The molecule has 1 N–H and O–H groups in total. The Morgan fingerprint density at radius 3 is 2.53 bits per heavy atom. The number of benzene rings is 1. The van der Waals surface area contributed by atoms with Crippen molar-refractivity contribution in [1.82, 2.24) is 29.7 Å². The first kappa shape index (κ1) is 18.2. The minimum Gasteiger partial charge on any atom is -0.345 e. The van der Waals surface area contributed by atoms with Crippen molar-refractivity contribution in [1.29, 1.82) is 0 Å². The highest BCUT2D eigenvalue weighted by atomic mass is 15.2. The van der Waals surface area contributed by atoms with Gasteiger partial charge >= 0.3 is 0 Å². The Morgan fingerprint density at radius 1 is 0.933 bits per heavy atom. The third kappa shape index (κ3) is 3.06. The third-order valence-corrected chi connectivity index (χ3v) is 5.65. The molecule has 0 aliphatic heterocycles. The molecule has 0 unspecified atom stereocenters. The van der Waals surface area contributed by atoms with Crippen LogP contribution in [-0.4, -0.2) is 29.7 Å². The van der Waals surface area contributed by atoms with Crippen molar-refractivity contribution in [2.75, 3.05) is 0 Å². The van der Waals surface area contributed by atoms with Crippen LogP contribution in [0.2, 0.25) is 0 Å². The van der Waals surface area contributed by atoms with E-state index in [2.05, 4.69) is 75.3 Å². The number of nitrogens with zero attached hydrogens (tertiary/aromatic N) is 5. The molecule has 0 bridgehead atoms. The molecule has 0 saturated carbocycles. The molecule has 1 aromatic carbocycles. The van der Waals surface area contributed by atoms with Gasteiger partial charge in [0.05, 0.1) is 17.6 Å². The van der Waals surface area contributed by atoms with Crippen molar-refractivity contribution in [2.24, 2.45) is 7.05 Å². The molecule has 0 radical (unpaired) electrons. The van der Waals surface area contributed by atoms with Gasteiger partial charge in [-0.15, -0.1) is 0 Å². The SMILES string of the molecule is Cn1cc(-c2cnc3[nH]cc(-c4cc(C(C)(C)c5ccccc5)ncn4)c3c2)cn1. The van der Waals surface area contributed by atoms with E-state index < -0.39 is 0 Å². The molecular weight excluding hydrogens is 372 g/mol. The van der Waals surface area contributed by atoms with E-state index in [0.717, 1.165) is 39.1 Å². The van der Waals surface area contributed by atoms with Gasteiger partial charge in [0.15, 0.2) is 0 Å². The molecule has 0 aliphatic carbocycles. The Hall–Kier alpha value is -3.80. The smallest absolute Gasteiger partial charge is 0.137 e. The summed E-state index contributed by atoms with van der Waals surface area (Å²) in [6, 6.07) is 14.6. The number of fused-ring (bicyclic) bond motifs is 1. The molecule has 5 rings (SSSR count). The average molecular weight is 394 g/mol. The number of aromatic amines is 1. The summed E-state index contributed by atoms with van der Waals surface area (Å²) in [4.78, 5) is 17.0. The monoisotopic (exact) mass is 394 g/mol. The maximum Gasteiger partial charge on any atom is 0.137 e. The Kier molecular flexibility index (Phi) is 4.20. The Labute approximate surface area is 174 Å². The van der Waals surface area contributed by atoms with Gasteiger partial charge in [-0.05, 0) is 17.7 Å². The van der Waals surface area contributed by atoms with Crippen molar-refractivity contribution in [3.8, 4) is 22.4 Å². The summed E-state index contributed by atoms with van der Waals surface area (Å²) >= 11 is 0. The summed E-state index contributed by atoms with van der Waals surface area (Å²) < 4.78 is 1.79. The van der Waals surface area contributed by atoms with E-state index in [1.54, 1.807) is 11.0 Å². The molecule has 4 aromatic heterocycles. The maximum absolute atomic E-state index is 4.60. The summed E-state index contributed by atoms with van der Waals surface area (Å²) in [5, 5.41) is 5.30. The second kappa shape index (κ2) is 6.91. The fourth-order valence-electron chi connectivity index (χ4n) is 3.79. The first-order chi connectivity index (χ1) is 14.5. The van der Waals surface area contributed by atoms with Crippen LogP contribution >= 0.6 is 0 Å². The van der Waals surface area contributed by atoms with Gasteiger partial charge in [0, 0.05) is 53.1 Å². The van der Waals surface area contributed by atoms with Crippen LogP contribution < -0.4 is 0 Å². The van der Waals surface area contributed by atoms with E-state index in [4.69, 9.17) is 0 Å². The van der Waals surface area contributed by atoms with Crippen molar-refractivity contribution in [2.45, 2.75) is 19.3 Å². The minimum atomic E-state index is -0.232. The lowest BCUT2D eigenvalue weighted by molar-refractivity contribution is 0.614. The number of pyridine rings is 1. The molecule has 6 heteroatoms. The zero-order valence-electron chi connectivity index (χ0n) is 17.2. The van der Waals surface area contributed by atoms with Crippen molar-refractivity contribution >= 4 is 11.0 Å². The number of H-pyrrole nitrogens is 1. The molecule has 0 amide bonds. The van der Waals surface area contributed by atoms with Crippen LogP contribution in [0.3, 0.4) is 0 Å². The highest BCUT2D eigenvalue weighted by molar-refractivity contribution is 5.94. The molecule has 6 nitrogen and oxygen atoms in total. The zero-order valence-corrected chi connectivity index (χ0v) is 17.2. The Balaban J connectivity index is 1.60. The summed E-state index contributed by atoms with van der Waals surface area (Å²) in [5.74, 6) is 0. The molecular formula is C24H22N6. The largest absolute Gasteiger partial charge is 0.345 e. The molecule has 4 heterocycles. The lowest BCUT2D eigenvalue weighted by Gasteiger charge is -2.25. The quantitative estimate of drug-likeness (QED) is 0.478. The third-order valence-electron chi connectivity index (χ3n) is 5.65. The van der Waals surface area contributed by atoms with Crippen molar-refractivity contribution < 1.29 is 0 Å². The van der Waals surface area contributed by atoms with E-state index in [-0.39, 0.29) is 5.41 Å². The lowest BCUT2D eigenvalue weighted by Crippen LogP contribution is -2.20. The van der Waals surface area contributed by atoms with Crippen LogP contribution in [-0.2, 0) is 12.5 Å². The fraction of sp³-hybridized carbons (Fsp3) is 0.167. The zero-order chi connectivity index (χ0) is 20.7. The molecule has 5 aromatic rings. The number of aromatic nitrogens is 6. The van der Waals surface area contributed by atoms with Crippen LogP contribution in [0.1, 0.15) is 25.1 Å². The van der Waals surface area contributed by atoms with Crippen LogP contribution in [0, 0.1) is 0 Å². The van der Waals surface area contributed by atoms with E-state index in [1.165, 1.54) is 5.56 Å². The molecule has 0 saturated heterocycles. The highest BCUT2D eigenvalue weighted by Gasteiger charge is 2.25. The summed E-state index contributed by atoms with van der Waals surface area (Å²) in [6.45, 7) is 4.37. The molecule has 0 spiro atoms. The normalized spacial score (nSPS) is 11.8. The number of rotatable bonds is 4. The predicted molar refractivity (Wildman–Crippen MR) is 118 cm³/mol. The average Bonchev–Trinajstić information content (AvgIpc) is 3.40. The van der Waals surface area contributed by atoms with Gasteiger partial charge in [-0.1, -0.05) is 44.2 Å². The van der Waals surface area contributed by atoms with Gasteiger partial charge in [0.1, 0.15) is 12.0 Å². The Morgan fingerprint density at radius 2 is 1.77 bits per heavy atom. The van der Waals surface area contributed by atoms with Gasteiger partial charge in [-0.3, -0.25) is 4.68 Å². The van der Waals surface area contributed by atoms with Gasteiger partial charge in [-0.2, -0.15) is 5.10 Å². The molecule has 0 fully saturated rings. The summed E-state index contributed by atoms with van der Waals surface area (Å²) in [5.41, 5.74) is 6.74. The number of nitrogens with one attached hydrogen (secondary N) is 1. The second-order valence-corrected chi connectivity index (χ2v) is 8.00. The van der Waals surface area contributed by atoms with Crippen LogP contribution in [0.25, 0.3) is 33.4 Å². The van der Waals surface area contributed by atoms with Gasteiger partial charge < -0.3 is 4.98 Å². The first-order valence-corrected chi connectivity index (χ1v) is 9.87. The van der Waals surface area contributed by atoms with Gasteiger partial charge in [0.2, 0.25) is 0 Å². The van der Waals surface area contributed by atoms with Crippen LogP contribution in [0.15, 0.2) is 73.6 Å². The summed E-state index contributed by atoms with van der Waals surface area (Å²) in [7, 11) is 1.91.